The van der Waals surface area contributed by atoms with Crippen LogP contribution in [0.25, 0.3) is 0 Å². The summed E-state index contributed by atoms with van der Waals surface area (Å²) in [6.45, 7) is 1.90. The second-order valence-electron chi connectivity index (χ2n) is 2.05. The molecule has 0 fully saturated rings. The van der Waals surface area contributed by atoms with Crippen molar-refractivity contribution < 1.29 is 14.4 Å². The highest BCUT2D eigenvalue weighted by atomic mass is 16.7. The molecule has 0 aromatic rings. The van der Waals surface area contributed by atoms with Crippen LogP contribution in [0.2, 0.25) is 0 Å². The van der Waals surface area contributed by atoms with E-state index >= 15 is 0 Å². The largest absolute Gasteiger partial charge is 0.348 e. The molecule has 0 aliphatic heterocycles. The summed E-state index contributed by atoms with van der Waals surface area (Å²) in [5.74, 6) is -0.612. The van der Waals surface area contributed by atoms with Gasteiger partial charge in [0.2, 0.25) is 6.41 Å². The van der Waals surface area contributed by atoms with Crippen LogP contribution in [0.3, 0.4) is 0 Å². The van der Waals surface area contributed by atoms with Crippen molar-refractivity contribution in [3.05, 3.63) is 0 Å². The first-order valence-corrected chi connectivity index (χ1v) is 3.37. The van der Waals surface area contributed by atoms with Crippen molar-refractivity contribution >= 4 is 12.4 Å². The van der Waals surface area contributed by atoms with Gasteiger partial charge in [-0.2, -0.15) is 5.48 Å². The van der Waals surface area contributed by atoms with E-state index in [1.165, 1.54) is 0 Å². The molecule has 3 N–H and O–H groups in total. The Kier molecular flexibility index (Phi) is 5.10. The number of carbonyl (C=O) groups is 2. The number of nitrogens with two attached hydrogens (primary N) is 1. The number of rotatable bonds is 5. The summed E-state index contributed by atoms with van der Waals surface area (Å²) in [7, 11) is 0. The van der Waals surface area contributed by atoms with Crippen molar-refractivity contribution in [3.63, 3.8) is 0 Å². The number of nitrogens with one attached hydrogen (secondary N) is 1. The molecule has 0 rings (SSSR count). The van der Waals surface area contributed by atoms with E-state index < -0.39 is 12.0 Å². The van der Waals surface area contributed by atoms with Gasteiger partial charge in [-0.05, 0) is 6.42 Å². The molecule has 0 bridgehead atoms. The smallest absolute Gasteiger partial charge is 0.339 e. The van der Waals surface area contributed by atoms with E-state index in [4.69, 9.17) is 5.73 Å². The van der Waals surface area contributed by atoms with E-state index in [2.05, 4.69) is 4.84 Å². The van der Waals surface area contributed by atoms with E-state index in [0.717, 1.165) is 6.42 Å². The highest BCUT2D eigenvalue weighted by Gasteiger charge is 2.13. The van der Waals surface area contributed by atoms with Crippen LogP contribution in [0.1, 0.15) is 19.8 Å². The second kappa shape index (κ2) is 5.67. The molecule has 0 spiro atoms. The first-order valence-electron chi connectivity index (χ1n) is 3.37. The molecule has 0 radical (unpaired) electrons. The highest BCUT2D eigenvalue weighted by Crippen LogP contribution is 1.93. The molecule has 1 atom stereocenters. The SMILES string of the molecule is CCC[C@H](N)C(=O)ONC=O. The molecule has 5 nitrogen and oxygen atoms in total. The van der Waals surface area contributed by atoms with Gasteiger partial charge in [0, 0.05) is 0 Å². The Morgan fingerprint density at radius 3 is 2.91 bits per heavy atom. The van der Waals surface area contributed by atoms with Gasteiger partial charge in [0.1, 0.15) is 6.04 Å². The lowest BCUT2D eigenvalue weighted by Gasteiger charge is -2.07. The maximum atomic E-state index is 10.7. The van der Waals surface area contributed by atoms with Crippen LogP contribution >= 0.6 is 0 Å². The zero-order valence-electron chi connectivity index (χ0n) is 6.37. The number of hydroxylamine groups is 1. The molecule has 0 aromatic heterocycles. The van der Waals surface area contributed by atoms with E-state index in [-0.39, 0.29) is 6.41 Å². The van der Waals surface area contributed by atoms with Crippen LogP contribution in [0.4, 0.5) is 0 Å². The molecule has 0 aliphatic rings. The molecule has 0 heterocycles. The summed E-state index contributed by atoms with van der Waals surface area (Å²) in [4.78, 5) is 24.6. The van der Waals surface area contributed by atoms with Gasteiger partial charge in [-0.1, -0.05) is 13.3 Å². The third kappa shape index (κ3) is 4.32. The zero-order chi connectivity index (χ0) is 8.69. The zero-order valence-corrected chi connectivity index (χ0v) is 6.37. The van der Waals surface area contributed by atoms with Gasteiger partial charge >= 0.3 is 5.97 Å². The van der Waals surface area contributed by atoms with Crippen molar-refractivity contribution in [2.24, 2.45) is 5.73 Å². The predicted molar refractivity (Wildman–Crippen MR) is 38.2 cm³/mol. The lowest BCUT2D eigenvalue weighted by molar-refractivity contribution is -0.156. The summed E-state index contributed by atoms with van der Waals surface area (Å²) < 4.78 is 0. The van der Waals surface area contributed by atoms with Gasteiger partial charge in [-0.25, -0.2) is 4.79 Å². The third-order valence-electron chi connectivity index (χ3n) is 1.11. The Bertz CT molecular complexity index is 138. The lowest BCUT2D eigenvalue weighted by Crippen LogP contribution is -2.35. The van der Waals surface area contributed by atoms with Crippen molar-refractivity contribution in [1.82, 2.24) is 5.48 Å². The topological polar surface area (TPSA) is 81.4 Å². The Morgan fingerprint density at radius 1 is 1.82 bits per heavy atom. The minimum Gasteiger partial charge on any atom is -0.339 e. The monoisotopic (exact) mass is 160 g/mol. The van der Waals surface area contributed by atoms with Gasteiger partial charge < -0.3 is 10.6 Å². The van der Waals surface area contributed by atoms with Crippen molar-refractivity contribution in [2.75, 3.05) is 0 Å². The van der Waals surface area contributed by atoms with Crippen LogP contribution < -0.4 is 11.2 Å². The van der Waals surface area contributed by atoms with Crippen molar-refractivity contribution in [2.45, 2.75) is 25.8 Å². The first kappa shape index (κ1) is 9.90. The van der Waals surface area contributed by atoms with Gasteiger partial charge in [0.05, 0.1) is 0 Å². The van der Waals surface area contributed by atoms with Crippen molar-refractivity contribution in [3.8, 4) is 0 Å². The molecule has 0 saturated carbocycles. The van der Waals surface area contributed by atoms with Gasteiger partial charge in [0.15, 0.2) is 0 Å². The molecule has 5 heteroatoms. The molecule has 0 saturated heterocycles. The van der Waals surface area contributed by atoms with Crippen LogP contribution in [0.15, 0.2) is 0 Å². The lowest BCUT2D eigenvalue weighted by atomic mass is 10.2. The van der Waals surface area contributed by atoms with E-state index in [1.54, 1.807) is 5.48 Å². The summed E-state index contributed by atoms with van der Waals surface area (Å²) in [6.07, 6.45) is 1.63. The molecule has 0 aromatic carbocycles. The Morgan fingerprint density at radius 2 is 2.45 bits per heavy atom. The number of hydrogen-bond donors (Lipinski definition) is 2. The van der Waals surface area contributed by atoms with E-state index in [1.807, 2.05) is 6.92 Å². The number of hydrogen-bond acceptors (Lipinski definition) is 4. The molecule has 1 amide bonds. The van der Waals surface area contributed by atoms with E-state index in [0.29, 0.717) is 6.42 Å². The average molecular weight is 160 g/mol. The second-order valence-corrected chi connectivity index (χ2v) is 2.05. The molecule has 0 aliphatic carbocycles. The Balaban J connectivity index is 3.54. The minimum atomic E-state index is -0.646. The summed E-state index contributed by atoms with van der Waals surface area (Å²) in [5, 5.41) is 0. The van der Waals surface area contributed by atoms with Crippen LogP contribution in [-0.4, -0.2) is 18.4 Å². The maximum absolute atomic E-state index is 10.7. The fourth-order valence-corrected chi connectivity index (χ4v) is 0.587. The summed E-state index contributed by atoms with van der Waals surface area (Å²) >= 11 is 0. The van der Waals surface area contributed by atoms with Gasteiger partial charge in [0.25, 0.3) is 0 Å². The van der Waals surface area contributed by atoms with E-state index in [9.17, 15) is 9.59 Å². The van der Waals surface area contributed by atoms with Gasteiger partial charge in [-0.3, -0.25) is 4.79 Å². The summed E-state index contributed by atoms with van der Waals surface area (Å²) in [6, 6.07) is -0.646. The number of amides is 1. The molecular weight excluding hydrogens is 148 g/mol. The van der Waals surface area contributed by atoms with Crippen LogP contribution in [0.5, 0.6) is 0 Å². The van der Waals surface area contributed by atoms with Crippen molar-refractivity contribution in [1.29, 1.82) is 0 Å². The molecule has 0 unspecified atom stereocenters. The highest BCUT2D eigenvalue weighted by molar-refractivity contribution is 5.75. The Labute approximate surface area is 64.8 Å². The standard InChI is InChI=1S/C6H12N2O3/c1-2-3-5(7)6(10)11-8-4-9/h4-5H,2-3,7H2,1H3,(H,8,9)/t5-/m0/s1. The average Bonchev–Trinajstić information content (AvgIpc) is 2.00. The quantitative estimate of drug-likeness (QED) is 0.412. The molecule has 64 valence electrons. The molecule has 11 heavy (non-hydrogen) atoms. The fourth-order valence-electron chi connectivity index (χ4n) is 0.587. The van der Waals surface area contributed by atoms with Crippen LogP contribution in [0, 0.1) is 0 Å². The van der Waals surface area contributed by atoms with Gasteiger partial charge in [-0.15, -0.1) is 0 Å². The predicted octanol–water partition coefficient (Wildman–Crippen LogP) is -0.682. The minimum absolute atomic E-state index is 0.274. The summed E-state index contributed by atoms with van der Waals surface area (Å²) in [5.41, 5.74) is 7.12. The maximum Gasteiger partial charge on any atom is 0.348 e. The fraction of sp³-hybridized carbons (Fsp3) is 0.667. The number of carbonyl (C=O) groups excluding carboxylic acids is 2. The normalized spacial score (nSPS) is 11.8. The third-order valence-corrected chi connectivity index (χ3v) is 1.11. The first-order chi connectivity index (χ1) is 5.22. The van der Waals surface area contributed by atoms with Crippen LogP contribution in [-0.2, 0) is 14.4 Å². The molecular formula is C6H12N2O3. The Hall–Kier alpha value is -1.10.